The molecule has 1 aliphatic rings. The molecule has 3 rings (SSSR count). The number of non-ortho nitro benzene ring substituents is 1. The topological polar surface area (TPSA) is 91.1 Å². The van der Waals surface area contributed by atoms with Gasteiger partial charge in [-0.1, -0.05) is 12.1 Å². The monoisotopic (exact) mass is 385 g/mol. The third-order valence-electron chi connectivity index (χ3n) is 4.48. The van der Waals surface area contributed by atoms with Crippen LogP contribution in [0, 0.1) is 15.9 Å². The number of nitro benzene ring substituents is 1. The first-order valence-corrected chi connectivity index (χ1v) is 8.66. The summed E-state index contributed by atoms with van der Waals surface area (Å²) < 4.78 is 13.9. The maximum absolute atomic E-state index is 13.9. The molecular weight excluding hydrogens is 365 g/mol. The molecule has 8 nitrogen and oxygen atoms in total. The smallest absolute Gasteiger partial charge is 0.270 e. The predicted molar refractivity (Wildman–Crippen MR) is 105 cm³/mol. The molecule has 146 valence electrons. The number of aliphatic imine (C=N–C) groups is 1. The highest BCUT2D eigenvalue weighted by molar-refractivity contribution is 6.08. The lowest BCUT2D eigenvalue weighted by atomic mass is 10.1. The van der Waals surface area contributed by atoms with Crippen molar-refractivity contribution in [2.45, 2.75) is 0 Å². The Morgan fingerprint density at radius 1 is 1.21 bits per heavy atom. The molecule has 1 saturated heterocycles. The van der Waals surface area contributed by atoms with Gasteiger partial charge in [-0.3, -0.25) is 19.8 Å². The zero-order valence-electron chi connectivity index (χ0n) is 15.6. The summed E-state index contributed by atoms with van der Waals surface area (Å²) in [4.78, 5) is 31.9. The molecule has 0 atom stereocenters. The minimum Gasteiger partial charge on any atom is -0.361 e. The van der Waals surface area contributed by atoms with E-state index < -0.39 is 16.6 Å². The van der Waals surface area contributed by atoms with Gasteiger partial charge in [-0.15, -0.1) is 0 Å². The van der Waals surface area contributed by atoms with Crippen LogP contribution in [0.3, 0.4) is 0 Å². The maximum Gasteiger partial charge on any atom is 0.270 e. The fourth-order valence-electron chi connectivity index (χ4n) is 2.82. The van der Waals surface area contributed by atoms with Crippen LogP contribution in [0.25, 0.3) is 0 Å². The van der Waals surface area contributed by atoms with Crippen molar-refractivity contribution in [1.29, 1.82) is 0 Å². The lowest BCUT2D eigenvalue weighted by Crippen LogP contribution is -2.46. The third kappa shape index (κ3) is 4.32. The van der Waals surface area contributed by atoms with E-state index in [1.807, 2.05) is 19.0 Å². The number of piperazine rings is 1. The van der Waals surface area contributed by atoms with Gasteiger partial charge in [0, 0.05) is 32.3 Å². The molecule has 1 N–H and O–H groups in total. The third-order valence-corrected chi connectivity index (χ3v) is 4.48. The molecule has 1 aliphatic heterocycles. The van der Waals surface area contributed by atoms with Crippen LogP contribution in [0.1, 0.15) is 10.4 Å². The molecule has 0 aliphatic carbocycles. The number of carbonyl (C=O) groups excluding carboxylic acids is 1. The van der Waals surface area contributed by atoms with Gasteiger partial charge < -0.3 is 10.2 Å². The fourth-order valence-corrected chi connectivity index (χ4v) is 2.82. The van der Waals surface area contributed by atoms with Crippen molar-refractivity contribution >= 4 is 28.8 Å². The summed E-state index contributed by atoms with van der Waals surface area (Å²) in [7, 11) is 3.86. The molecule has 0 radical (unpaired) electrons. The zero-order chi connectivity index (χ0) is 20.3. The molecular formula is C19H20FN5O3. The molecule has 1 fully saturated rings. The van der Waals surface area contributed by atoms with Crippen molar-refractivity contribution in [2.75, 3.05) is 39.0 Å². The minimum absolute atomic E-state index is 0.00609. The Kier molecular flexibility index (Phi) is 5.65. The second-order valence-corrected chi connectivity index (χ2v) is 6.58. The summed E-state index contributed by atoms with van der Waals surface area (Å²) in [5, 5.41) is 13.6. The quantitative estimate of drug-likeness (QED) is 0.645. The second kappa shape index (κ2) is 8.13. The van der Waals surface area contributed by atoms with Crippen molar-refractivity contribution in [3.63, 3.8) is 0 Å². The van der Waals surface area contributed by atoms with Gasteiger partial charge in [0.05, 0.1) is 28.4 Å². The Morgan fingerprint density at radius 2 is 1.96 bits per heavy atom. The molecule has 1 amide bonds. The van der Waals surface area contributed by atoms with Crippen molar-refractivity contribution in [3.05, 3.63) is 64.0 Å². The molecule has 0 spiro atoms. The lowest BCUT2D eigenvalue weighted by Gasteiger charge is -2.32. The van der Waals surface area contributed by atoms with Gasteiger partial charge in [0.1, 0.15) is 11.7 Å². The van der Waals surface area contributed by atoms with Crippen LogP contribution in [-0.2, 0) is 0 Å². The number of halogens is 1. The highest BCUT2D eigenvalue weighted by Gasteiger charge is 2.21. The molecule has 0 bridgehead atoms. The van der Waals surface area contributed by atoms with Gasteiger partial charge in [-0.05, 0) is 25.2 Å². The first kappa shape index (κ1) is 19.4. The number of likely N-dealkylation sites (N-methyl/N-ethyl adjacent to an activating group) is 2. The standard InChI is InChI=1S/C19H20FN5O3/c1-23-9-10-24(2)18(12-23)21-16-8-7-13(25(27)28)11-14(16)19(26)22-17-6-4-3-5-15(17)20/h3-8,11H,9-10,12H2,1-2H3,(H,22,26)/b21-18+. The number of amidine groups is 1. The number of rotatable bonds is 4. The van der Waals surface area contributed by atoms with Crippen LogP contribution in [-0.4, -0.2) is 60.2 Å². The van der Waals surface area contributed by atoms with E-state index in [2.05, 4.69) is 15.2 Å². The average molecular weight is 385 g/mol. The van der Waals surface area contributed by atoms with Crippen LogP contribution in [0.15, 0.2) is 47.5 Å². The van der Waals surface area contributed by atoms with Crippen molar-refractivity contribution in [1.82, 2.24) is 9.80 Å². The normalized spacial score (nSPS) is 16.2. The number of anilines is 1. The van der Waals surface area contributed by atoms with Crippen LogP contribution in [0.5, 0.6) is 0 Å². The van der Waals surface area contributed by atoms with E-state index >= 15 is 0 Å². The van der Waals surface area contributed by atoms with E-state index in [1.165, 1.54) is 30.3 Å². The number of hydrogen-bond acceptors (Lipinski definition) is 5. The van der Waals surface area contributed by atoms with Crippen LogP contribution in [0.2, 0.25) is 0 Å². The number of benzene rings is 2. The molecule has 0 unspecified atom stereocenters. The predicted octanol–water partition coefficient (Wildman–Crippen LogP) is 2.89. The maximum atomic E-state index is 13.9. The van der Waals surface area contributed by atoms with Gasteiger partial charge in [0.2, 0.25) is 0 Å². The van der Waals surface area contributed by atoms with Gasteiger partial charge in [0.15, 0.2) is 0 Å². The molecule has 0 saturated carbocycles. The molecule has 9 heteroatoms. The summed E-state index contributed by atoms with van der Waals surface area (Å²) in [6, 6.07) is 9.61. The summed E-state index contributed by atoms with van der Waals surface area (Å²) in [5.41, 5.74) is 0.0482. The van der Waals surface area contributed by atoms with Gasteiger partial charge in [-0.2, -0.15) is 0 Å². The van der Waals surface area contributed by atoms with E-state index in [1.54, 1.807) is 6.07 Å². The molecule has 0 aromatic heterocycles. The van der Waals surface area contributed by atoms with E-state index in [-0.39, 0.29) is 22.6 Å². The SMILES string of the molecule is CN1CCN(C)/C(=N/c2ccc([N+](=O)[O-])cc2C(=O)Nc2ccccc2F)C1. The van der Waals surface area contributed by atoms with Gasteiger partial charge in [0.25, 0.3) is 11.6 Å². The Labute approximate surface area is 161 Å². The minimum atomic E-state index is -0.667. The fraction of sp³-hybridized carbons (Fsp3) is 0.263. The number of amides is 1. The highest BCUT2D eigenvalue weighted by atomic mass is 19.1. The number of nitrogens with zero attached hydrogens (tertiary/aromatic N) is 4. The average Bonchev–Trinajstić information content (AvgIpc) is 2.66. The summed E-state index contributed by atoms with van der Waals surface area (Å²) in [6.07, 6.45) is 0. The van der Waals surface area contributed by atoms with Gasteiger partial charge >= 0.3 is 0 Å². The van der Waals surface area contributed by atoms with E-state index in [0.717, 1.165) is 25.0 Å². The van der Waals surface area contributed by atoms with Crippen molar-refractivity contribution in [3.8, 4) is 0 Å². The Balaban J connectivity index is 2.00. The highest BCUT2D eigenvalue weighted by Crippen LogP contribution is 2.27. The number of carbonyl (C=O) groups is 1. The van der Waals surface area contributed by atoms with Crippen molar-refractivity contribution < 1.29 is 14.1 Å². The zero-order valence-corrected chi connectivity index (χ0v) is 15.6. The molecule has 28 heavy (non-hydrogen) atoms. The van der Waals surface area contributed by atoms with Crippen LogP contribution < -0.4 is 5.32 Å². The number of hydrogen-bond donors (Lipinski definition) is 1. The first-order valence-electron chi connectivity index (χ1n) is 8.66. The Hall–Kier alpha value is -3.33. The summed E-state index contributed by atoms with van der Waals surface area (Å²) in [6.45, 7) is 2.25. The van der Waals surface area contributed by atoms with E-state index in [9.17, 15) is 19.3 Å². The Morgan fingerprint density at radius 3 is 2.68 bits per heavy atom. The van der Waals surface area contributed by atoms with Crippen LogP contribution in [0.4, 0.5) is 21.5 Å². The number of nitro groups is 1. The van der Waals surface area contributed by atoms with E-state index in [4.69, 9.17) is 0 Å². The first-order chi connectivity index (χ1) is 13.3. The summed E-state index contributed by atoms with van der Waals surface area (Å²) in [5.74, 6) is -0.523. The molecule has 2 aromatic carbocycles. The van der Waals surface area contributed by atoms with Crippen LogP contribution >= 0.6 is 0 Å². The Bertz CT molecular complexity index is 947. The van der Waals surface area contributed by atoms with Gasteiger partial charge in [-0.25, -0.2) is 9.38 Å². The van der Waals surface area contributed by atoms with E-state index in [0.29, 0.717) is 6.54 Å². The number of nitrogens with one attached hydrogen (secondary N) is 1. The number of para-hydroxylation sites is 1. The second-order valence-electron chi connectivity index (χ2n) is 6.58. The lowest BCUT2D eigenvalue weighted by molar-refractivity contribution is -0.384. The largest absolute Gasteiger partial charge is 0.361 e. The molecule has 1 heterocycles. The van der Waals surface area contributed by atoms with Crippen molar-refractivity contribution in [2.24, 2.45) is 4.99 Å². The summed E-state index contributed by atoms with van der Waals surface area (Å²) >= 11 is 0. The molecule has 2 aromatic rings.